The Morgan fingerprint density at radius 1 is 1.29 bits per heavy atom. The van der Waals surface area contributed by atoms with Crippen molar-refractivity contribution in [2.45, 2.75) is 39.8 Å². The summed E-state index contributed by atoms with van der Waals surface area (Å²) in [6.45, 7) is 13.7. The Labute approximate surface area is 89.6 Å². The molecule has 0 radical (unpaired) electrons. The first-order valence-electron chi connectivity index (χ1n) is 5.46. The van der Waals surface area contributed by atoms with Gasteiger partial charge in [-0.15, -0.1) is 6.58 Å². The quantitative estimate of drug-likeness (QED) is 0.457. The summed E-state index contributed by atoms with van der Waals surface area (Å²) in [7, 11) is -1.83. The lowest BCUT2D eigenvalue weighted by Crippen LogP contribution is -2.35. The van der Waals surface area contributed by atoms with Crippen LogP contribution >= 0.6 is 0 Å². The van der Waals surface area contributed by atoms with E-state index in [0.29, 0.717) is 5.92 Å². The van der Waals surface area contributed by atoms with Crippen LogP contribution in [0.3, 0.4) is 0 Å². The summed E-state index contributed by atoms with van der Waals surface area (Å²) in [5.74, 6) is 0.585. The zero-order valence-corrected chi connectivity index (χ0v) is 11.0. The van der Waals surface area contributed by atoms with Crippen LogP contribution in [0.1, 0.15) is 26.7 Å². The molecule has 14 heavy (non-hydrogen) atoms. The van der Waals surface area contributed by atoms with Crippen LogP contribution in [0, 0.1) is 5.92 Å². The van der Waals surface area contributed by atoms with E-state index >= 15 is 0 Å². The van der Waals surface area contributed by atoms with Crippen LogP contribution in [0.15, 0.2) is 12.7 Å². The minimum atomic E-state index is -1.83. The molecule has 2 nitrogen and oxygen atoms in total. The van der Waals surface area contributed by atoms with E-state index in [4.69, 9.17) is 8.85 Å². The molecule has 84 valence electrons. The van der Waals surface area contributed by atoms with Gasteiger partial charge in [0.2, 0.25) is 0 Å². The fourth-order valence-corrected chi connectivity index (χ4v) is 2.72. The van der Waals surface area contributed by atoms with Gasteiger partial charge in [0.05, 0.1) is 0 Å². The minimum Gasteiger partial charge on any atom is -0.395 e. The van der Waals surface area contributed by atoms with Gasteiger partial charge in [-0.05, 0) is 38.8 Å². The molecule has 1 atom stereocenters. The van der Waals surface area contributed by atoms with Crippen LogP contribution in [-0.2, 0) is 8.85 Å². The van der Waals surface area contributed by atoms with Crippen molar-refractivity contribution in [3.63, 3.8) is 0 Å². The van der Waals surface area contributed by atoms with E-state index in [9.17, 15) is 0 Å². The Balaban J connectivity index is 3.66. The average molecular weight is 216 g/mol. The highest BCUT2D eigenvalue weighted by molar-refractivity contribution is 6.64. The van der Waals surface area contributed by atoms with E-state index < -0.39 is 8.56 Å². The van der Waals surface area contributed by atoms with Crippen LogP contribution in [0.5, 0.6) is 0 Å². The molecule has 0 spiro atoms. The van der Waals surface area contributed by atoms with Crippen molar-refractivity contribution >= 4 is 8.56 Å². The Morgan fingerprint density at radius 3 is 2.36 bits per heavy atom. The SMILES string of the molecule is C=CC(CC)CCO[Si](C)(C)OCC. The third-order valence-corrected chi connectivity index (χ3v) is 4.17. The van der Waals surface area contributed by atoms with Gasteiger partial charge in [-0.3, -0.25) is 0 Å². The van der Waals surface area contributed by atoms with Crippen LogP contribution in [0.2, 0.25) is 13.1 Å². The number of rotatable bonds is 8. The molecule has 0 saturated heterocycles. The molecule has 3 heteroatoms. The van der Waals surface area contributed by atoms with E-state index in [1.807, 2.05) is 13.0 Å². The van der Waals surface area contributed by atoms with Crippen molar-refractivity contribution in [1.29, 1.82) is 0 Å². The second kappa shape index (κ2) is 7.21. The number of hydrogen-bond donors (Lipinski definition) is 0. The Kier molecular flexibility index (Phi) is 7.14. The summed E-state index contributed by atoms with van der Waals surface area (Å²) < 4.78 is 11.3. The molecule has 1 unspecified atom stereocenters. The number of hydrogen-bond acceptors (Lipinski definition) is 2. The van der Waals surface area contributed by atoms with Gasteiger partial charge in [0, 0.05) is 13.2 Å². The lowest BCUT2D eigenvalue weighted by molar-refractivity contribution is 0.178. The van der Waals surface area contributed by atoms with E-state index in [-0.39, 0.29) is 0 Å². The van der Waals surface area contributed by atoms with Crippen molar-refractivity contribution in [1.82, 2.24) is 0 Å². The first-order valence-corrected chi connectivity index (χ1v) is 8.27. The van der Waals surface area contributed by atoms with E-state index in [1.54, 1.807) is 0 Å². The summed E-state index contributed by atoms with van der Waals surface area (Å²) in [6.07, 6.45) is 4.21. The normalized spacial score (nSPS) is 14.0. The third kappa shape index (κ3) is 6.35. The summed E-state index contributed by atoms with van der Waals surface area (Å²) in [6, 6.07) is 0. The van der Waals surface area contributed by atoms with Crippen LogP contribution in [0.25, 0.3) is 0 Å². The van der Waals surface area contributed by atoms with E-state index in [2.05, 4.69) is 26.6 Å². The zero-order valence-electron chi connectivity index (χ0n) is 10.0. The van der Waals surface area contributed by atoms with E-state index in [1.165, 1.54) is 0 Å². The fourth-order valence-electron chi connectivity index (χ4n) is 1.33. The van der Waals surface area contributed by atoms with Gasteiger partial charge in [0.1, 0.15) is 0 Å². The zero-order chi connectivity index (χ0) is 11.0. The predicted octanol–water partition coefficient (Wildman–Crippen LogP) is 3.34. The van der Waals surface area contributed by atoms with Gasteiger partial charge >= 0.3 is 8.56 Å². The van der Waals surface area contributed by atoms with Crippen LogP contribution in [-0.4, -0.2) is 21.8 Å². The lowest BCUT2D eigenvalue weighted by atomic mass is 10.0. The Bertz CT molecular complexity index is 157. The molecule has 0 heterocycles. The van der Waals surface area contributed by atoms with Gasteiger partial charge in [-0.25, -0.2) is 0 Å². The highest BCUT2D eigenvalue weighted by Gasteiger charge is 2.23. The molecule has 0 aromatic rings. The minimum absolute atomic E-state index is 0.585. The van der Waals surface area contributed by atoms with Gasteiger partial charge in [-0.2, -0.15) is 0 Å². The topological polar surface area (TPSA) is 18.5 Å². The molecule has 0 aromatic heterocycles. The number of allylic oxidation sites excluding steroid dienone is 1. The highest BCUT2D eigenvalue weighted by atomic mass is 28.4. The van der Waals surface area contributed by atoms with Crippen LogP contribution in [0.4, 0.5) is 0 Å². The first kappa shape index (κ1) is 13.9. The van der Waals surface area contributed by atoms with Crippen molar-refractivity contribution in [3.05, 3.63) is 12.7 Å². The molecule has 0 aliphatic rings. The summed E-state index contributed by atoms with van der Waals surface area (Å²) in [4.78, 5) is 0. The monoisotopic (exact) mass is 216 g/mol. The largest absolute Gasteiger partial charge is 0.395 e. The molecule has 0 aliphatic heterocycles. The maximum atomic E-state index is 5.77. The molecule has 0 aromatic carbocycles. The smallest absolute Gasteiger partial charge is 0.331 e. The van der Waals surface area contributed by atoms with Gasteiger partial charge in [0.15, 0.2) is 0 Å². The van der Waals surface area contributed by atoms with Crippen molar-refractivity contribution in [3.8, 4) is 0 Å². The maximum Gasteiger partial charge on any atom is 0.331 e. The first-order chi connectivity index (χ1) is 6.55. The van der Waals surface area contributed by atoms with Crippen molar-refractivity contribution in [2.75, 3.05) is 13.2 Å². The summed E-state index contributed by atoms with van der Waals surface area (Å²) in [5, 5.41) is 0. The molecule has 0 aliphatic carbocycles. The Hall–Kier alpha value is -0.123. The second-order valence-corrected chi connectivity index (χ2v) is 7.25. The van der Waals surface area contributed by atoms with Gasteiger partial charge in [-0.1, -0.05) is 13.0 Å². The highest BCUT2D eigenvalue weighted by Crippen LogP contribution is 2.12. The molecule has 0 fully saturated rings. The standard InChI is InChI=1S/C11H24O2Si/c1-6-11(7-2)9-10-13-14(4,5)12-8-3/h6,11H,1,7-10H2,2-5H3. The second-order valence-electron chi connectivity index (χ2n) is 3.87. The van der Waals surface area contributed by atoms with E-state index in [0.717, 1.165) is 26.1 Å². The molecule has 0 N–H and O–H groups in total. The summed E-state index contributed by atoms with van der Waals surface area (Å²) in [5.41, 5.74) is 0. The average Bonchev–Trinajstić information content (AvgIpc) is 2.12. The molecular formula is C11H24O2Si. The lowest BCUT2D eigenvalue weighted by Gasteiger charge is -2.22. The summed E-state index contributed by atoms with van der Waals surface area (Å²) >= 11 is 0. The molecule has 0 amide bonds. The molecule has 0 saturated carbocycles. The van der Waals surface area contributed by atoms with Crippen molar-refractivity contribution < 1.29 is 8.85 Å². The Morgan fingerprint density at radius 2 is 1.93 bits per heavy atom. The molecular weight excluding hydrogens is 192 g/mol. The van der Waals surface area contributed by atoms with Crippen molar-refractivity contribution in [2.24, 2.45) is 5.92 Å². The predicted molar refractivity (Wildman–Crippen MR) is 63.7 cm³/mol. The van der Waals surface area contributed by atoms with Crippen LogP contribution < -0.4 is 0 Å². The third-order valence-electron chi connectivity index (χ3n) is 2.29. The van der Waals surface area contributed by atoms with Gasteiger partial charge < -0.3 is 8.85 Å². The molecule has 0 bridgehead atoms. The van der Waals surface area contributed by atoms with Gasteiger partial charge in [0.25, 0.3) is 0 Å². The molecule has 0 rings (SSSR count). The fraction of sp³-hybridized carbons (Fsp3) is 0.818. The maximum absolute atomic E-state index is 5.77.